The maximum atomic E-state index is 13.1. The summed E-state index contributed by atoms with van der Waals surface area (Å²) in [6.45, 7) is 6.44. The zero-order valence-corrected chi connectivity index (χ0v) is 16.2. The van der Waals surface area contributed by atoms with E-state index < -0.39 is 10.0 Å². The van der Waals surface area contributed by atoms with E-state index in [1.54, 1.807) is 12.1 Å². The molecule has 25 heavy (non-hydrogen) atoms. The van der Waals surface area contributed by atoms with Gasteiger partial charge in [0.1, 0.15) is 10.6 Å². The maximum absolute atomic E-state index is 13.1. The van der Waals surface area contributed by atoms with Gasteiger partial charge in [-0.25, -0.2) is 8.42 Å². The number of sulfonamides is 1. The van der Waals surface area contributed by atoms with Crippen molar-refractivity contribution in [3.05, 3.63) is 23.8 Å². The Hall–Kier alpha value is -1.60. The van der Waals surface area contributed by atoms with Crippen LogP contribution in [-0.2, 0) is 14.8 Å². The van der Waals surface area contributed by atoms with Crippen LogP contribution in [0, 0.1) is 12.8 Å². The summed E-state index contributed by atoms with van der Waals surface area (Å²) in [6, 6.07) is 5.20. The van der Waals surface area contributed by atoms with Crippen molar-refractivity contribution in [1.82, 2.24) is 9.62 Å². The number of carbonyl (C=O) groups is 1. The van der Waals surface area contributed by atoms with Crippen molar-refractivity contribution < 1.29 is 17.9 Å². The maximum Gasteiger partial charge on any atom is 0.246 e. The third-order valence-corrected chi connectivity index (χ3v) is 6.58. The molecule has 0 aliphatic carbocycles. The Labute approximate surface area is 150 Å². The molecule has 0 radical (unpaired) electrons. The van der Waals surface area contributed by atoms with Gasteiger partial charge in [0.15, 0.2) is 0 Å². The molecule has 1 saturated heterocycles. The largest absolute Gasteiger partial charge is 0.495 e. The Bertz CT molecular complexity index is 718. The Balaban J connectivity index is 2.22. The van der Waals surface area contributed by atoms with Gasteiger partial charge in [-0.3, -0.25) is 4.79 Å². The molecule has 2 rings (SSSR count). The standard InChI is InChI=1S/C18H28N2O4S/c1-5-14(3)19-18(21)15-7-6-10-20(12-15)25(22,23)17-11-13(2)8-9-16(17)24-4/h8-9,11,14-15H,5-7,10,12H2,1-4H3,(H,19,21). The van der Waals surface area contributed by atoms with Crippen LogP contribution in [0.2, 0.25) is 0 Å². The molecule has 0 aromatic heterocycles. The average Bonchev–Trinajstić information content (AvgIpc) is 2.61. The summed E-state index contributed by atoms with van der Waals surface area (Å²) in [5.74, 6) is -0.0458. The van der Waals surface area contributed by atoms with E-state index in [0.717, 1.165) is 12.0 Å². The summed E-state index contributed by atoms with van der Waals surface area (Å²) in [5, 5.41) is 2.96. The van der Waals surface area contributed by atoms with Crippen LogP contribution >= 0.6 is 0 Å². The number of carbonyl (C=O) groups excluding carboxylic acids is 1. The number of amides is 1. The van der Waals surface area contributed by atoms with E-state index in [2.05, 4.69) is 5.32 Å². The number of benzene rings is 1. The van der Waals surface area contributed by atoms with Crippen molar-refractivity contribution in [2.75, 3.05) is 20.2 Å². The molecule has 140 valence electrons. The molecule has 1 aromatic carbocycles. The second kappa shape index (κ2) is 8.19. The molecule has 0 saturated carbocycles. The summed E-state index contributed by atoms with van der Waals surface area (Å²) in [4.78, 5) is 12.6. The topological polar surface area (TPSA) is 75.7 Å². The van der Waals surface area contributed by atoms with E-state index in [-0.39, 0.29) is 29.3 Å². The third-order valence-electron chi connectivity index (χ3n) is 4.69. The molecule has 1 aliphatic rings. The van der Waals surface area contributed by atoms with Crippen molar-refractivity contribution in [2.24, 2.45) is 5.92 Å². The Morgan fingerprint density at radius 3 is 2.80 bits per heavy atom. The highest BCUT2D eigenvalue weighted by Crippen LogP contribution is 2.30. The number of piperidine rings is 1. The van der Waals surface area contributed by atoms with Gasteiger partial charge in [-0.15, -0.1) is 0 Å². The molecule has 6 nitrogen and oxygen atoms in total. The lowest BCUT2D eigenvalue weighted by atomic mass is 9.98. The predicted molar refractivity (Wildman–Crippen MR) is 97.1 cm³/mol. The van der Waals surface area contributed by atoms with Crippen molar-refractivity contribution in [2.45, 2.75) is 51.0 Å². The monoisotopic (exact) mass is 368 g/mol. The van der Waals surface area contributed by atoms with Gasteiger partial charge in [0, 0.05) is 19.1 Å². The van der Waals surface area contributed by atoms with E-state index in [1.165, 1.54) is 11.4 Å². The van der Waals surface area contributed by atoms with Gasteiger partial charge < -0.3 is 10.1 Å². The van der Waals surface area contributed by atoms with Crippen molar-refractivity contribution in [3.63, 3.8) is 0 Å². The highest BCUT2D eigenvalue weighted by Gasteiger charge is 2.35. The fourth-order valence-electron chi connectivity index (χ4n) is 2.96. The van der Waals surface area contributed by atoms with Gasteiger partial charge in [-0.2, -0.15) is 4.31 Å². The summed E-state index contributed by atoms with van der Waals surface area (Å²) in [6.07, 6.45) is 2.23. The zero-order chi connectivity index (χ0) is 18.6. The summed E-state index contributed by atoms with van der Waals surface area (Å²) < 4.78 is 32.8. The first kappa shape index (κ1) is 19.7. The van der Waals surface area contributed by atoms with E-state index in [4.69, 9.17) is 4.74 Å². The van der Waals surface area contributed by atoms with Crippen LogP contribution in [0.25, 0.3) is 0 Å². The number of hydrogen-bond donors (Lipinski definition) is 1. The third kappa shape index (κ3) is 4.52. The van der Waals surface area contributed by atoms with E-state index in [0.29, 0.717) is 25.1 Å². The average molecular weight is 368 g/mol. The van der Waals surface area contributed by atoms with Crippen molar-refractivity contribution in [1.29, 1.82) is 0 Å². The quantitative estimate of drug-likeness (QED) is 0.836. The lowest BCUT2D eigenvalue weighted by Crippen LogP contribution is -2.47. The number of rotatable bonds is 6. The fourth-order valence-corrected chi connectivity index (χ4v) is 4.73. The molecule has 1 heterocycles. The predicted octanol–water partition coefficient (Wildman–Crippen LogP) is 2.32. The van der Waals surface area contributed by atoms with Gasteiger partial charge in [-0.05, 0) is 50.8 Å². The highest BCUT2D eigenvalue weighted by atomic mass is 32.2. The normalized spacial score (nSPS) is 20.1. The molecular weight excluding hydrogens is 340 g/mol. The van der Waals surface area contributed by atoms with Gasteiger partial charge in [0.05, 0.1) is 13.0 Å². The van der Waals surface area contributed by atoms with E-state index in [9.17, 15) is 13.2 Å². The first-order chi connectivity index (χ1) is 11.8. The van der Waals surface area contributed by atoms with E-state index >= 15 is 0 Å². The van der Waals surface area contributed by atoms with Crippen LogP contribution in [0.15, 0.2) is 23.1 Å². The first-order valence-corrected chi connectivity index (χ1v) is 10.2. The Morgan fingerprint density at radius 1 is 1.44 bits per heavy atom. The van der Waals surface area contributed by atoms with Crippen LogP contribution < -0.4 is 10.1 Å². The summed E-state index contributed by atoms with van der Waals surface area (Å²) in [5.41, 5.74) is 0.849. The summed E-state index contributed by atoms with van der Waals surface area (Å²) >= 11 is 0. The molecule has 1 amide bonds. The van der Waals surface area contributed by atoms with Gasteiger partial charge in [-0.1, -0.05) is 13.0 Å². The molecule has 1 N–H and O–H groups in total. The second-order valence-corrected chi connectivity index (χ2v) is 8.58. The number of nitrogens with zero attached hydrogens (tertiary/aromatic N) is 1. The number of hydrogen-bond acceptors (Lipinski definition) is 4. The zero-order valence-electron chi connectivity index (χ0n) is 15.4. The van der Waals surface area contributed by atoms with E-state index in [1.807, 2.05) is 26.8 Å². The lowest BCUT2D eigenvalue weighted by Gasteiger charge is -2.32. The molecule has 2 atom stereocenters. The smallest absolute Gasteiger partial charge is 0.246 e. The Kier molecular flexibility index (Phi) is 6.46. The highest BCUT2D eigenvalue weighted by molar-refractivity contribution is 7.89. The molecular formula is C18H28N2O4S. The Morgan fingerprint density at radius 2 is 2.16 bits per heavy atom. The van der Waals surface area contributed by atoms with Crippen molar-refractivity contribution >= 4 is 15.9 Å². The molecule has 1 aliphatic heterocycles. The molecule has 7 heteroatoms. The van der Waals surface area contributed by atoms with Crippen LogP contribution in [0.5, 0.6) is 5.75 Å². The van der Waals surface area contributed by atoms with Crippen molar-refractivity contribution in [3.8, 4) is 5.75 Å². The van der Waals surface area contributed by atoms with Crippen LogP contribution in [0.1, 0.15) is 38.7 Å². The number of nitrogens with one attached hydrogen (secondary N) is 1. The second-order valence-electron chi connectivity index (χ2n) is 6.67. The molecule has 2 unspecified atom stereocenters. The van der Waals surface area contributed by atoms with Gasteiger partial charge >= 0.3 is 0 Å². The molecule has 0 bridgehead atoms. The number of methoxy groups -OCH3 is 1. The van der Waals surface area contributed by atoms with Gasteiger partial charge in [0.25, 0.3) is 0 Å². The molecule has 0 spiro atoms. The van der Waals surface area contributed by atoms with Crippen LogP contribution in [-0.4, -0.2) is 44.9 Å². The minimum absolute atomic E-state index is 0.0644. The minimum Gasteiger partial charge on any atom is -0.495 e. The SMILES string of the molecule is CCC(C)NC(=O)C1CCCN(S(=O)(=O)c2cc(C)ccc2OC)C1. The lowest BCUT2D eigenvalue weighted by molar-refractivity contribution is -0.126. The molecule has 1 fully saturated rings. The van der Waals surface area contributed by atoms with Crippen LogP contribution in [0.4, 0.5) is 0 Å². The first-order valence-electron chi connectivity index (χ1n) is 8.74. The van der Waals surface area contributed by atoms with Crippen LogP contribution in [0.3, 0.4) is 0 Å². The molecule has 1 aromatic rings. The summed E-state index contributed by atoms with van der Waals surface area (Å²) in [7, 11) is -2.24. The minimum atomic E-state index is -3.70. The number of aryl methyl sites for hydroxylation is 1. The fraction of sp³-hybridized carbons (Fsp3) is 0.611. The number of ether oxygens (including phenoxy) is 1. The van der Waals surface area contributed by atoms with Gasteiger partial charge in [0.2, 0.25) is 15.9 Å².